The molecule has 3 N–H and O–H groups in total. The highest BCUT2D eigenvalue weighted by atomic mass is 16.3. The van der Waals surface area contributed by atoms with E-state index in [1.54, 1.807) is 24.0 Å². The number of hydrogen-bond acceptors (Lipinski definition) is 4. The van der Waals surface area contributed by atoms with Crippen LogP contribution in [-0.2, 0) is 17.8 Å². The minimum absolute atomic E-state index is 0.0308. The number of fused-ring (bicyclic) bond motifs is 1. The molecular formula is C16H17N3O3. The molecule has 6 nitrogen and oxygen atoms in total. The minimum atomic E-state index is -0.246. The molecule has 0 radical (unpaired) electrons. The van der Waals surface area contributed by atoms with E-state index in [1.807, 2.05) is 12.1 Å². The molecule has 0 bridgehead atoms. The first kappa shape index (κ1) is 14.3. The summed E-state index contributed by atoms with van der Waals surface area (Å²) < 4.78 is 5.16. The van der Waals surface area contributed by atoms with Crippen molar-refractivity contribution in [3.63, 3.8) is 0 Å². The van der Waals surface area contributed by atoms with Gasteiger partial charge in [-0.1, -0.05) is 0 Å². The first-order chi connectivity index (χ1) is 10.6. The highest BCUT2D eigenvalue weighted by molar-refractivity contribution is 6.04. The first-order valence-electron chi connectivity index (χ1n) is 7.08. The van der Waals surface area contributed by atoms with Crippen LogP contribution < -0.4 is 16.0 Å². The number of carbonyl (C=O) groups excluding carboxylic acids is 2. The lowest BCUT2D eigenvalue weighted by atomic mass is 10.1. The minimum Gasteiger partial charge on any atom is -0.467 e. The molecule has 114 valence electrons. The van der Waals surface area contributed by atoms with E-state index >= 15 is 0 Å². The fourth-order valence-corrected chi connectivity index (χ4v) is 2.62. The normalized spacial score (nSPS) is 13.1. The van der Waals surface area contributed by atoms with Crippen LogP contribution in [0.4, 0.5) is 11.4 Å². The Bertz CT molecular complexity index is 736. The molecule has 0 saturated carbocycles. The number of carbonyl (C=O) groups is 2. The van der Waals surface area contributed by atoms with Gasteiger partial charge in [-0.25, -0.2) is 0 Å². The Kier molecular flexibility index (Phi) is 3.68. The van der Waals surface area contributed by atoms with Crippen molar-refractivity contribution in [2.45, 2.75) is 19.9 Å². The standard InChI is InChI=1S/C16H17N3O3/c1-10(20)19-5-4-11-6-13(2-3-15(11)19)18-16(21)12-7-14(8-17)22-9-12/h2-3,6-7,9H,4-5,8,17H2,1H3,(H,18,21). The number of rotatable bonds is 3. The molecule has 2 amide bonds. The number of amides is 2. The van der Waals surface area contributed by atoms with Crippen molar-refractivity contribution in [3.8, 4) is 0 Å². The Morgan fingerprint density at radius 2 is 2.18 bits per heavy atom. The van der Waals surface area contributed by atoms with Gasteiger partial charge in [0.1, 0.15) is 12.0 Å². The summed E-state index contributed by atoms with van der Waals surface area (Å²) in [5.74, 6) is 0.351. The maximum absolute atomic E-state index is 12.1. The number of hydrogen-bond donors (Lipinski definition) is 2. The third-order valence-electron chi connectivity index (χ3n) is 3.73. The van der Waals surface area contributed by atoms with Crippen LogP contribution in [0.1, 0.15) is 28.6 Å². The summed E-state index contributed by atoms with van der Waals surface area (Å²) in [5.41, 5.74) is 8.57. The summed E-state index contributed by atoms with van der Waals surface area (Å²) in [7, 11) is 0. The fraction of sp³-hybridized carbons (Fsp3) is 0.250. The molecule has 0 atom stereocenters. The van der Waals surface area contributed by atoms with Crippen molar-refractivity contribution in [1.82, 2.24) is 0 Å². The summed E-state index contributed by atoms with van der Waals surface area (Å²) in [6, 6.07) is 7.18. The summed E-state index contributed by atoms with van der Waals surface area (Å²) >= 11 is 0. The molecule has 22 heavy (non-hydrogen) atoms. The third kappa shape index (κ3) is 2.60. The lowest BCUT2D eigenvalue weighted by Gasteiger charge is -2.15. The molecule has 0 aliphatic carbocycles. The van der Waals surface area contributed by atoms with Crippen LogP contribution in [0.2, 0.25) is 0 Å². The lowest BCUT2D eigenvalue weighted by molar-refractivity contribution is -0.116. The second-order valence-electron chi connectivity index (χ2n) is 5.22. The first-order valence-corrected chi connectivity index (χ1v) is 7.08. The Hall–Kier alpha value is -2.60. The van der Waals surface area contributed by atoms with Crippen LogP contribution in [0.3, 0.4) is 0 Å². The summed E-state index contributed by atoms with van der Waals surface area (Å²) in [4.78, 5) is 25.4. The van der Waals surface area contributed by atoms with Crippen LogP contribution in [0.5, 0.6) is 0 Å². The maximum atomic E-state index is 12.1. The predicted octanol–water partition coefficient (Wildman–Crippen LogP) is 1.90. The molecule has 1 aromatic carbocycles. The number of benzene rings is 1. The van der Waals surface area contributed by atoms with Crippen LogP contribution in [0.25, 0.3) is 0 Å². The van der Waals surface area contributed by atoms with Gasteiger partial charge in [-0.15, -0.1) is 0 Å². The highest BCUT2D eigenvalue weighted by Crippen LogP contribution is 2.30. The topological polar surface area (TPSA) is 88.6 Å². The number of nitrogens with zero attached hydrogens (tertiary/aromatic N) is 1. The van der Waals surface area contributed by atoms with E-state index in [9.17, 15) is 9.59 Å². The zero-order valence-electron chi connectivity index (χ0n) is 12.3. The molecule has 1 aliphatic rings. The number of anilines is 2. The summed E-state index contributed by atoms with van der Waals surface area (Å²) in [5, 5.41) is 2.83. The zero-order chi connectivity index (χ0) is 15.7. The van der Waals surface area contributed by atoms with Crippen molar-refractivity contribution in [2.24, 2.45) is 5.73 Å². The van der Waals surface area contributed by atoms with Gasteiger partial charge < -0.3 is 20.4 Å². The zero-order valence-corrected chi connectivity index (χ0v) is 12.3. The second-order valence-corrected chi connectivity index (χ2v) is 5.22. The Morgan fingerprint density at radius 1 is 1.36 bits per heavy atom. The van der Waals surface area contributed by atoms with E-state index in [4.69, 9.17) is 10.2 Å². The van der Waals surface area contributed by atoms with Gasteiger partial charge in [0.15, 0.2) is 0 Å². The quantitative estimate of drug-likeness (QED) is 0.906. The van der Waals surface area contributed by atoms with Crippen molar-refractivity contribution < 1.29 is 14.0 Å². The van der Waals surface area contributed by atoms with E-state index in [0.717, 1.165) is 17.7 Å². The van der Waals surface area contributed by atoms with Gasteiger partial charge in [0.05, 0.1) is 12.1 Å². The molecule has 0 unspecified atom stereocenters. The van der Waals surface area contributed by atoms with Gasteiger partial charge in [0.2, 0.25) is 5.91 Å². The highest BCUT2D eigenvalue weighted by Gasteiger charge is 2.22. The van der Waals surface area contributed by atoms with Gasteiger partial charge >= 0.3 is 0 Å². The van der Waals surface area contributed by atoms with Gasteiger partial charge in [0, 0.05) is 24.8 Å². The van der Waals surface area contributed by atoms with Crippen molar-refractivity contribution in [2.75, 3.05) is 16.8 Å². The van der Waals surface area contributed by atoms with Crippen molar-refractivity contribution in [3.05, 3.63) is 47.4 Å². The smallest absolute Gasteiger partial charge is 0.258 e. The summed E-state index contributed by atoms with van der Waals surface area (Å²) in [6.07, 6.45) is 2.18. The molecule has 1 aromatic heterocycles. The molecule has 2 heterocycles. The number of nitrogens with two attached hydrogens (primary N) is 1. The van der Waals surface area contributed by atoms with Gasteiger partial charge in [0.25, 0.3) is 5.91 Å². The second kappa shape index (κ2) is 5.65. The molecular weight excluding hydrogens is 282 g/mol. The van der Waals surface area contributed by atoms with Crippen molar-refractivity contribution in [1.29, 1.82) is 0 Å². The average molecular weight is 299 g/mol. The lowest BCUT2D eigenvalue weighted by Crippen LogP contribution is -2.25. The molecule has 0 fully saturated rings. The monoisotopic (exact) mass is 299 g/mol. The fourth-order valence-electron chi connectivity index (χ4n) is 2.62. The van der Waals surface area contributed by atoms with Crippen LogP contribution >= 0.6 is 0 Å². The summed E-state index contributed by atoms with van der Waals surface area (Å²) in [6.45, 7) is 2.50. The van der Waals surface area contributed by atoms with Gasteiger partial charge in [-0.2, -0.15) is 0 Å². The maximum Gasteiger partial charge on any atom is 0.258 e. The van der Waals surface area contributed by atoms with E-state index < -0.39 is 0 Å². The SMILES string of the molecule is CC(=O)N1CCc2cc(NC(=O)c3coc(CN)c3)ccc21. The van der Waals surface area contributed by atoms with Crippen LogP contribution in [0, 0.1) is 0 Å². The molecule has 2 aromatic rings. The molecule has 1 aliphatic heterocycles. The Morgan fingerprint density at radius 3 is 2.86 bits per heavy atom. The largest absolute Gasteiger partial charge is 0.467 e. The molecule has 0 spiro atoms. The molecule has 0 saturated heterocycles. The van der Waals surface area contributed by atoms with Crippen LogP contribution in [0.15, 0.2) is 34.9 Å². The number of furan rings is 1. The van der Waals surface area contributed by atoms with Gasteiger partial charge in [-0.05, 0) is 36.2 Å². The van der Waals surface area contributed by atoms with E-state index in [-0.39, 0.29) is 18.4 Å². The van der Waals surface area contributed by atoms with Gasteiger partial charge in [-0.3, -0.25) is 9.59 Å². The average Bonchev–Trinajstić information content (AvgIpc) is 3.13. The molecule has 3 rings (SSSR count). The van der Waals surface area contributed by atoms with E-state index in [0.29, 0.717) is 23.6 Å². The predicted molar refractivity (Wildman–Crippen MR) is 82.7 cm³/mol. The Balaban J connectivity index is 1.77. The number of nitrogens with one attached hydrogen (secondary N) is 1. The van der Waals surface area contributed by atoms with E-state index in [1.165, 1.54) is 6.26 Å². The van der Waals surface area contributed by atoms with E-state index in [2.05, 4.69) is 5.32 Å². The van der Waals surface area contributed by atoms with Crippen LogP contribution in [-0.4, -0.2) is 18.4 Å². The molecule has 6 heteroatoms. The Labute approximate surface area is 127 Å². The third-order valence-corrected chi connectivity index (χ3v) is 3.73. The van der Waals surface area contributed by atoms with Crippen molar-refractivity contribution >= 4 is 23.2 Å².